The third-order valence-corrected chi connectivity index (χ3v) is 5.55. The van der Waals surface area contributed by atoms with Crippen LogP contribution in [-0.4, -0.2) is 12.8 Å². The van der Waals surface area contributed by atoms with Crippen molar-refractivity contribution in [3.63, 3.8) is 0 Å². The molecule has 3 rings (SSSR count). The van der Waals surface area contributed by atoms with Gasteiger partial charge in [0.15, 0.2) is 0 Å². The van der Waals surface area contributed by atoms with E-state index in [4.69, 9.17) is 4.74 Å². The Kier molecular flexibility index (Phi) is 5.14. The highest BCUT2D eigenvalue weighted by Crippen LogP contribution is 2.39. The quantitative estimate of drug-likeness (QED) is 0.657. The van der Waals surface area contributed by atoms with Crippen LogP contribution < -0.4 is 4.74 Å². The van der Waals surface area contributed by atoms with E-state index in [2.05, 4.69) is 27.0 Å². The summed E-state index contributed by atoms with van der Waals surface area (Å²) < 4.78 is 6.62. The van der Waals surface area contributed by atoms with E-state index < -0.39 is 0 Å². The molecule has 1 aromatic heterocycles. The van der Waals surface area contributed by atoms with Crippen LogP contribution in [0.5, 0.6) is 5.75 Å². The van der Waals surface area contributed by atoms with Crippen LogP contribution in [0.15, 0.2) is 27.7 Å². The molecule has 118 valence electrons. The molecule has 0 spiro atoms. The van der Waals surface area contributed by atoms with Crippen molar-refractivity contribution in [1.82, 2.24) is 0 Å². The lowest BCUT2D eigenvalue weighted by Crippen LogP contribution is -1.99. The van der Waals surface area contributed by atoms with E-state index in [0.29, 0.717) is 6.61 Å². The van der Waals surface area contributed by atoms with Gasteiger partial charge in [0, 0.05) is 21.1 Å². The second-order valence-corrected chi connectivity index (χ2v) is 7.38. The molecule has 0 atom stereocenters. The van der Waals surface area contributed by atoms with Gasteiger partial charge in [-0.2, -0.15) is 5.26 Å². The topological polar surface area (TPSA) is 45.4 Å². The number of nitriles is 1. The van der Waals surface area contributed by atoms with Crippen molar-refractivity contribution in [1.29, 1.82) is 5.26 Å². The van der Waals surface area contributed by atoms with Gasteiger partial charge in [-0.05, 0) is 56.4 Å². The number of rotatable bonds is 4. The molecule has 0 aliphatic heterocycles. The van der Waals surface area contributed by atoms with Crippen molar-refractivity contribution in [2.75, 3.05) is 6.61 Å². The second-order valence-electron chi connectivity index (χ2n) is 5.38. The molecule has 1 heterocycles. The third-order valence-electron chi connectivity index (χ3n) is 3.86. The fourth-order valence-electron chi connectivity index (χ4n) is 2.79. The maximum Gasteiger partial charge on any atom is 0.134 e. The normalized spacial score (nSPS) is 13.8. The van der Waals surface area contributed by atoms with E-state index in [1.54, 1.807) is 17.6 Å². The number of aryl methyl sites for hydroxylation is 1. The van der Waals surface area contributed by atoms with E-state index in [9.17, 15) is 5.26 Å². The smallest absolute Gasteiger partial charge is 0.134 e. The number of benzene rings is 1. The second kappa shape index (κ2) is 7.29. The van der Waals surface area contributed by atoms with Crippen LogP contribution in [-0.2, 0) is 12.8 Å². The number of hydrogen-bond donors (Lipinski definition) is 0. The predicted octanol–water partition coefficient (Wildman–Crippen LogP) is 5.41. The third kappa shape index (κ3) is 3.49. The van der Waals surface area contributed by atoms with Gasteiger partial charge in [0.1, 0.15) is 16.8 Å². The lowest BCUT2D eigenvalue weighted by Gasteiger charge is -2.09. The van der Waals surface area contributed by atoms with Crippen LogP contribution in [0.1, 0.15) is 41.3 Å². The van der Waals surface area contributed by atoms with Gasteiger partial charge in [-0.3, -0.25) is 0 Å². The van der Waals surface area contributed by atoms with E-state index in [1.165, 1.54) is 23.3 Å². The summed E-state index contributed by atoms with van der Waals surface area (Å²) in [6.45, 7) is 2.57. The van der Waals surface area contributed by atoms with Gasteiger partial charge in [0.05, 0.1) is 12.2 Å². The Morgan fingerprint density at radius 2 is 2.22 bits per heavy atom. The molecule has 0 unspecified atom stereocenters. The fourth-order valence-corrected chi connectivity index (χ4v) is 4.36. The molecule has 0 N–H and O–H groups in total. The molecule has 0 saturated heterocycles. The molecule has 1 aliphatic carbocycles. The van der Waals surface area contributed by atoms with Gasteiger partial charge < -0.3 is 4.74 Å². The molecule has 0 radical (unpaired) electrons. The van der Waals surface area contributed by atoms with Gasteiger partial charge in [-0.1, -0.05) is 15.9 Å². The first-order valence-corrected chi connectivity index (χ1v) is 9.35. The minimum atomic E-state index is 0.610. The standard InChI is InChI=1S/C18H17BrN2OS/c1-2-22-16-8-7-13(19)9-12(16)11-21-18-15(10-20)14-5-3-4-6-17(14)23-18/h7-9,11H,2-6H2,1H3/b21-11+. The number of hydrogen-bond acceptors (Lipinski definition) is 4. The molecule has 0 amide bonds. The van der Waals surface area contributed by atoms with E-state index in [-0.39, 0.29) is 0 Å². The summed E-state index contributed by atoms with van der Waals surface area (Å²) in [7, 11) is 0. The lowest BCUT2D eigenvalue weighted by atomic mass is 9.96. The van der Waals surface area contributed by atoms with Gasteiger partial charge in [-0.15, -0.1) is 11.3 Å². The molecule has 0 saturated carbocycles. The zero-order chi connectivity index (χ0) is 16.2. The first-order valence-electron chi connectivity index (χ1n) is 7.74. The zero-order valence-corrected chi connectivity index (χ0v) is 15.3. The zero-order valence-electron chi connectivity index (χ0n) is 12.9. The molecule has 1 aromatic carbocycles. The van der Waals surface area contributed by atoms with Crippen LogP contribution in [0.3, 0.4) is 0 Å². The summed E-state index contributed by atoms with van der Waals surface area (Å²) in [5.74, 6) is 0.805. The molecule has 3 nitrogen and oxygen atoms in total. The summed E-state index contributed by atoms with van der Waals surface area (Å²) in [4.78, 5) is 5.94. The van der Waals surface area contributed by atoms with Crippen LogP contribution in [0.4, 0.5) is 5.00 Å². The minimum Gasteiger partial charge on any atom is -0.493 e. The van der Waals surface area contributed by atoms with Gasteiger partial charge in [-0.25, -0.2) is 4.99 Å². The Labute approximate surface area is 148 Å². The molecule has 1 aliphatic rings. The van der Waals surface area contributed by atoms with Crippen molar-refractivity contribution in [3.05, 3.63) is 44.2 Å². The SMILES string of the molecule is CCOc1ccc(Br)cc1/C=N/c1sc2c(c1C#N)CCCC2. The summed E-state index contributed by atoms with van der Waals surface area (Å²) in [5.41, 5.74) is 2.89. The largest absolute Gasteiger partial charge is 0.493 e. The molecule has 5 heteroatoms. The van der Waals surface area contributed by atoms with Crippen LogP contribution in [0.2, 0.25) is 0 Å². The summed E-state index contributed by atoms with van der Waals surface area (Å²) in [5, 5.41) is 10.3. The number of aliphatic imine (C=N–C) groups is 1. The van der Waals surface area contributed by atoms with Crippen LogP contribution >= 0.6 is 27.3 Å². The Bertz CT molecular complexity index is 789. The first kappa shape index (κ1) is 16.2. The van der Waals surface area contributed by atoms with Crippen molar-refractivity contribution in [3.8, 4) is 11.8 Å². The number of ether oxygens (including phenoxy) is 1. The highest BCUT2D eigenvalue weighted by molar-refractivity contribution is 9.10. The maximum absolute atomic E-state index is 9.49. The van der Waals surface area contributed by atoms with E-state index in [1.807, 2.05) is 25.1 Å². The number of nitrogens with zero attached hydrogens (tertiary/aromatic N) is 2. The number of fused-ring (bicyclic) bond motifs is 1. The molecule has 23 heavy (non-hydrogen) atoms. The van der Waals surface area contributed by atoms with Gasteiger partial charge in [0.25, 0.3) is 0 Å². The first-order chi connectivity index (χ1) is 11.2. The monoisotopic (exact) mass is 388 g/mol. The number of halogens is 1. The van der Waals surface area contributed by atoms with Crippen molar-refractivity contribution < 1.29 is 4.74 Å². The summed E-state index contributed by atoms with van der Waals surface area (Å²) >= 11 is 5.14. The highest BCUT2D eigenvalue weighted by Gasteiger charge is 2.20. The minimum absolute atomic E-state index is 0.610. The van der Waals surface area contributed by atoms with Crippen LogP contribution in [0, 0.1) is 11.3 Å². The highest BCUT2D eigenvalue weighted by atomic mass is 79.9. The Hall–Kier alpha value is -1.64. The molecular weight excluding hydrogens is 372 g/mol. The lowest BCUT2D eigenvalue weighted by molar-refractivity contribution is 0.339. The molecule has 0 bridgehead atoms. The van der Waals surface area contributed by atoms with Crippen molar-refractivity contribution in [2.24, 2.45) is 4.99 Å². The van der Waals surface area contributed by atoms with E-state index in [0.717, 1.165) is 39.2 Å². The average Bonchev–Trinajstić information content (AvgIpc) is 2.92. The maximum atomic E-state index is 9.49. The van der Waals surface area contributed by atoms with Crippen LogP contribution in [0.25, 0.3) is 0 Å². The summed E-state index contributed by atoms with van der Waals surface area (Å²) in [6.07, 6.45) is 6.26. The fraction of sp³-hybridized carbons (Fsp3) is 0.333. The van der Waals surface area contributed by atoms with E-state index >= 15 is 0 Å². The molecule has 2 aromatic rings. The van der Waals surface area contributed by atoms with Crippen molar-refractivity contribution in [2.45, 2.75) is 32.6 Å². The van der Waals surface area contributed by atoms with Crippen molar-refractivity contribution >= 4 is 38.5 Å². The summed E-state index contributed by atoms with van der Waals surface area (Å²) in [6, 6.07) is 8.21. The number of thiophene rings is 1. The Morgan fingerprint density at radius 1 is 1.39 bits per heavy atom. The average molecular weight is 389 g/mol. The van der Waals surface area contributed by atoms with Gasteiger partial charge in [0.2, 0.25) is 0 Å². The molecule has 0 fully saturated rings. The Morgan fingerprint density at radius 3 is 3.00 bits per heavy atom. The Balaban J connectivity index is 1.96. The predicted molar refractivity (Wildman–Crippen MR) is 98.2 cm³/mol. The molecular formula is C18H17BrN2OS. The van der Waals surface area contributed by atoms with Gasteiger partial charge >= 0.3 is 0 Å².